The van der Waals surface area contributed by atoms with Gasteiger partial charge in [0.15, 0.2) is 0 Å². The molecule has 6 heteroatoms. The third kappa shape index (κ3) is 3.32. The lowest BCUT2D eigenvalue weighted by Gasteiger charge is -2.12. The predicted molar refractivity (Wildman–Crippen MR) is 78.5 cm³/mol. The Hall–Kier alpha value is -1.43. The molecule has 0 spiro atoms. The van der Waals surface area contributed by atoms with Gasteiger partial charge in [-0.05, 0) is 6.42 Å². The SMILES string of the molecule is CCc1nn(C)cc1CNc1nc(C(C)(C)C)ns1. The Balaban J connectivity index is 2.04. The fourth-order valence-electron chi connectivity index (χ4n) is 1.80. The highest BCUT2D eigenvalue weighted by Crippen LogP contribution is 2.23. The lowest BCUT2D eigenvalue weighted by molar-refractivity contribution is 0.555. The highest BCUT2D eigenvalue weighted by Gasteiger charge is 2.19. The van der Waals surface area contributed by atoms with E-state index in [-0.39, 0.29) is 5.41 Å². The Morgan fingerprint density at radius 2 is 2.11 bits per heavy atom. The second-order valence-electron chi connectivity index (χ2n) is 5.65. The van der Waals surface area contributed by atoms with Gasteiger partial charge in [0, 0.05) is 42.3 Å². The van der Waals surface area contributed by atoms with Gasteiger partial charge >= 0.3 is 0 Å². The first-order valence-electron chi connectivity index (χ1n) is 6.49. The maximum Gasteiger partial charge on any atom is 0.202 e. The zero-order valence-electron chi connectivity index (χ0n) is 12.2. The van der Waals surface area contributed by atoms with E-state index < -0.39 is 0 Å². The molecule has 2 heterocycles. The van der Waals surface area contributed by atoms with Crippen LogP contribution in [0.3, 0.4) is 0 Å². The fourth-order valence-corrected chi connectivity index (χ4v) is 2.55. The van der Waals surface area contributed by atoms with Crippen molar-refractivity contribution in [3.8, 4) is 0 Å². The van der Waals surface area contributed by atoms with Crippen LogP contribution in [0.15, 0.2) is 6.20 Å². The van der Waals surface area contributed by atoms with Crippen LogP contribution in [0.5, 0.6) is 0 Å². The van der Waals surface area contributed by atoms with Gasteiger partial charge in [0.05, 0.1) is 5.69 Å². The van der Waals surface area contributed by atoms with Crippen molar-refractivity contribution in [2.24, 2.45) is 7.05 Å². The van der Waals surface area contributed by atoms with Crippen molar-refractivity contribution in [1.29, 1.82) is 0 Å². The first-order valence-corrected chi connectivity index (χ1v) is 7.27. The predicted octanol–water partition coefficient (Wildman–Crippen LogP) is 2.74. The molecule has 0 radical (unpaired) electrons. The molecule has 2 aromatic heterocycles. The quantitative estimate of drug-likeness (QED) is 0.935. The van der Waals surface area contributed by atoms with E-state index >= 15 is 0 Å². The molecule has 0 amide bonds. The number of hydrogen-bond acceptors (Lipinski definition) is 5. The molecule has 0 saturated carbocycles. The molecule has 2 aromatic rings. The molecule has 0 atom stereocenters. The monoisotopic (exact) mass is 279 g/mol. The molecule has 0 aliphatic rings. The molecule has 0 unspecified atom stereocenters. The van der Waals surface area contributed by atoms with Gasteiger partial charge < -0.3 is 5.32 Å². The van der Waals surface area contributed by atoms with Gasteiger partial charge in [0.1, 0.15) is 5.82 Å². The van der Waals surface area contributed by atoms with Crippen molar-refractivity contribution in [3.05, 3.63) is 23.3 Å². The summed E-state index contributed by atoms with van der Waals surface area (Å²) in [6.45, 7) is 9.23. The number of rotatable bonds is 4. The third-order valence-corrected chi connectivity index (χ3v) is 3.53. The number of hydrogen-bond donors (Lipinski definition) is 1. The van der Waals surface area contributed by atoms with Crippen molar-refractivity contribution < 1.29 is 0 Å². The van der Waals surface area contributed by atoms with Gasteiger partial charge in [-0.2, -0.15) is 9.47 Å². The van der Waals surface area contributed by atoms with Crippen LogP contribution in [-0.2, 0) is 25.4 Å². The zero-order chi connectivity index (χ0) is 14.0. The topological polar surface area (TPSA) is 55.6 Å². The van der Waals surface area contributed by atoms with Crippen molar-refractivity contribution in [1.82, 2.24) is 19.1 Å². The first kappa shape index (κ1) is 14.0. The highest BCUT2D eigenvalue weighted by atomic mass is 32.1. The minimum absolute atomic E-state index is 0.000683. The van der Waals surface area contributed by atoms with E-state index in [1.165, 1.54) is 17.1 Å². The van der Waals surface area contributed by atoms with E-state index in [1.807, 2.05) is 11.7 Å². The normalized spacial score (nSPS) is 11.8. The number of nitrogens with one attached hydrogen (secondary N) is 1. The molecular weight excluding hydrogens is 258 g/mol. The standard InChI is InChI=1S/C13H21N5S/c1-6-10-9(8-18(5)16-10)7-14-12-15-11(17-19-12)13(2,3)4/h8H,6-7H2,1-5H3,(H,14,15,17). The Morgan fingerprint density at radius 3 is 2.68 bits per heavy atom. The molecule has 5 nitrogen and oxygen atoms in total. The summed E-state index contributed by atoms with van der Waals surface area (Å²) < 4.78 is 6.25. The van der Waals surface area contributed by atoms with Crippen LogP contribution < -0.4 is 5.32 Å². The molecule has 2 rings (SSSR count). The van der Waals surface area contributed by atoms with E-state index in [4.69, 9.17) is 0 Å². The van der Waals surface area contributed by atoms with Crippen LogP contribution in [0.4, 0.5) is 5.13 Å². The van der Waals surface area contributed by atoms with Gasteiger partial charge in [-0.15, -0.1) is 0 Å². The van der Waals surface area contributed by atoms with E-state index in [2.05, 4.69) is 53.7 Å². The lowest BCUT2D eigenvalue weighted by atomic mass is 9.96. The van der Waals surface area contributed by atoms with Gasteiger partial charge in [-0.3, -0.25) is 4.68 Å². The number of nitrogens with zero attached hydrogens (tertiary/aromatic N) is 4. The van der Waals surface area contributed by atoms with Crippen molar-refractivity contribution in [3.63, 3.8) is 0 Å². The molecule has 0 aliphatic carbocycles. The van der Waals surface area contributed by atoms with Crippen LogP contribution in [0.1, 0.15) is 44.8 Å². The number of anilines is 1. The summed E-state index contributed by atoms with van der Waals surface area (Å²) in [4.78, 5) is 4.53. The lowest BCUT2D eigenvalue weighted by Crippen LogP contribution is -2.13. The second-order valence-corrected chi connectivity index (χ2v) is 6.41. The Labute approximate surface area is 118 Å². The van der Waals surface area contributed by atoms with E-state index in [1.54, 1.807) is 0 Å². The second kappa shape index (κ2) is 5.28. The first-order chi connectivity index (χ1) is 8.90. The summed E-state index contributed by atoms with van der Waals surface area (Å²) in [7, 11) is 1.95. The molecule has 19 heavy (non-hydrogen) atoms. The van der Waals surface area contributed by atoms with E-state index in [0.29, 0.717) is 0 Å². The molecule has 1 N–H and O–H groups in total. The average molecular weight is 279 g/mol. The fraction of sp³-hybridized carbons (Fsp3) is 0.615. The minimum Gasteiger partial charge on any atom is -0.356 e. The van der Waals surface area contributed by atoms with Gasteiger partial charge in [-0.1, -0.05) is 27.7 Å². The molecule has 0 saturated heterocycles. The van der Waals surface area contributed by atoms with Crippen LogP contribution in [0.2, 0.25) is 0 Å². The highest BCUT2D eigenvalue weighted by molar-refractivity contribution is 7.09. The average Bonchev–Trinajstić information content (AvgIpc) is 2.91. The van der Waals surface area contributed by atoms with Gasteiger partial charge in [0.2, 0.25) is 5.13 Å². The maximum absolute atomic E-state index is 4.53. The van der Waals surface area contributed by atoms with Crippen LogP contribution >= 0.6 is 11.5 Å². The Kier molecular flexibility index (Phi) is 3.89. The van der Waals surface area contributed by atoms with E-state index in [0.717, 1.165) is 29.6 Å². The van der Waals surface area contributed by atoms with Gasteiger partial charge in [-0.25, -0.2) is 4.98 Å². The summed E-state index contributed by atoms with van der Waals surface area (Å²) in [5, 5.41) is 8.63. The molecule has 0 aliphatic heterocycles. The molecule has 0 bridgehead atoms. The minimum atomic E-state index is -0.000683. The Morgan fingerprint density at radius 1 is 1.37 bits per heavy atom. The van der Waals surface area contributed by atoms with E-state index in [9.17, 15) is 0 Å². The van der Waals surface area contributed by atoms with Crippen LogP contribution in [0.25, 0.3) is 0 Å². The maximum atomic E-state index is 4.53. The largest absolute Gasteiger partial charge is 0.356 e. The zero-order valence-corrected chi connectivity index (χ0v) is 13.0. The summed E-state index contributed by atoms with van der Waals surface area (Å²) in [5.41, 5.74) is 2.35. The summed E-state index contributed by atoms with van der Waals surface area (Å²) in [6.07, 6.45) is 3.00. The Bertz CT molecular complexity index is 550. The molecule has 0 aromatic carbocycles. The van der Waals surface area contributed by atoms with Crippen LogP contribution in [0, 0.1) is 0 Å². The molecule has 0 fully saturated rings. The van der Waals surface area contributed by atoms with Crippen LogP contribution in [-0.4, -0.2) is 19.1 Å². The summed E-state index contributed by atoms with van der Waals surface area (Å²) in [5.74, 6) is 0.891. The number of aryl methyl sites for hydroxylation is 2. The molecule has 104 valence electrons. The van der Waals surface area contributed by atoms with Crippen molar-refractivity contribution in [2.75, 3.05) is 5.32 Å². The summed E-state index contributed by atoms with van der Waals surface area (Å²) >= 11 is 1.42. The smallest absolute Gasteiger partial charge is 0.202 e. The number of aromatic nitrogens is 4. The summed E-state index contributed by atoms with van der Waals surface area (Å²) in [6, 6.07) is 0. The van der Waals surface area contributed by atoms with Gasteiger partial charge in [0.25, 0.3) is 0 Å². The van der Waals surface area contributed by atoms with Crippen molar-refractivity contribution >= 4 is 16.7 Å². The molecular formula is C13H21N5S. The third-order valence-electron chi connectivity index (χ3n) is 2.85. The van der Waals surface area contributed by atoms with Crippen molar-refractivity contribution in [2.45, 2.75) is 46.1 Å².